The Morgan fingerprint density at radius 2 is 1.15 bits per heavy atom. The number of ketones is 2. The van der Waals surface area contributed by atoms with E-state index in [0.29, 0.717) is 0 Å². The highest BCUT2D eigenvalue weighted by molar-refractivity contribution is 6.11. The zero-order valence-corrected chi connectivity index (χ0v) is 49.1. The largest absolute Gasteiger partial charge is 0.507 e. The molecule has 2 aromatic rings. The summed E-state index contributed by atoms with van der Waals surface area (Å²) in [6, 6.07) is 3.02. The van der Waals surface area contributed by atoms with Gasteiger partial charge >= 0.3 is 11.9 Å². The Morgan fingerprint density at radius 3 is 1.68 bits per heavy atom. The second-order valence-electron chi connectivity index (χ2n) is 23.3. The Balaban J connectivity index is 1.06. The summed E-state index contributed by atoms with van der Waals surface area (Å²) in [6.45, 7) is 15.3. The van der Waals surface area contributed by atoms with Crippen molar-refractivity contribution in [3.63, 3.8) is 0 Å². The lowest BCUT2D eigenvalue weighted by Gasteiger charge is -2.46. The van der Waals surface area contributed by atoms with Crippen LogP contribution in [0.5, 0.6) is 17.2 Å². The highest BCUT2D eigenvalue weighted by Gasteiger charge is 2.52. The summed E-state index contributed by atoms with van der Waals surface area (Å²) in [5, 5.41) is 101. The topological polar surface area (TPSA) is 370 Å². The Bertz CT molecular complexity index is 2650. The molecule has 0 saturated carbocycles. The van der Waals surface area contributed by atoms with Crippen LogP contribution in [0.2, 0.25) is 0 Å². The number of fused-ring (bicyclic) bond motifs is 2. The van der Waals surface area contributed by atoms with E-state index in [1.807, 2.05) is 0 Å². The normalized spacial score (nSPS) is 39.4. The summed E-state index contributed by atoms with van der Waals surface area (Å²) in [5.74, 6) is -5.42. The van der Waals surface area contributed by atoms with Crippen LogP contribution in [0.25, 0.3) is 10.8 Å². The number of aliphatic hydroxyl groups is 7. The van der Waals surface area contributed by atoms with Crippen LogP contribution >= 0.6 is 0 Å². The second-order valence-corrected chi connectivity index (χ2v) is 23.3. The van der Waals surface area contributed by atoms with Crippen molar-refractivity contribution in [2.24, 2.45) is 5.92 Å². The number of hydrogen-bond donors (Lipinski definition) is 9. The van der Waals surface area contributed by atoms with E-state index >= 15 is 4.79 Å². The number of hydrogen-bond acceptors (Lipinski definition) is 26. The zero-order valence-electron chi connectivity index (χ0n) is 49.1. The molecule has 8 rings (SSSR count). The molecule has 5 heterocycles. The number of methoxy groups -OCH3 is 1. The molecule has 5 saturated heterocycles. The molecule has 0 spiro atoms. The summed E-state index contributed by atoms with van der Waals surface area (Å²) in [7, 11) is 1.18. The highest BCUT2D eigenvalue weighted by Crippen LogP contribution is 2.48. The molecule has 0 unspecified atom stereocenters. The monoisotopic (exact) mass is 1200 g/mol. The van der Waals surface area contributed by atoms with Gasteiger partial charge in [0.05, 0.1) is 65.4 Å². The number of Topliss-reactive ketones (excluding diaryl/α,β-unsaturated/α-hetero) is 2. The van der Waals surface area contributed by atoms with Crippen molar-refractivity contribution < 1.29 is 127 Å². The van der Waals surface area contributed by atoms with Gasteiger partial charge in [-0.2, -0.15) is 0 Å². The van der Waals surface area contributed by atoms with E-state index in [1.54, 1.807) is 34.6 Å². The van der Waals surface area contributed by atoms with Gasteiger partial charge in [0.2, 0.25) is 6.29 Å². The van der Waals surface area contributed by atoms with Gasteiger partial charge in [-0.15, -0.1) is 0 Å². The Kier molecular flexibility index (Phi) is 21.1. The molecule has 25 atom stereocenters. The first-order valence-corrected chi connectivity index (χ1v) is 28.9. The van der Waals surface area contributed by atoms with Gasteiger partial charge in [-0.05, 0) is 84.9 Å². The lowest BCUT2D eigenvalue weighted by atomic mass is 9.75. The molecule has 5 fully saturated rings. The minimum absolute atomic E-state index is 0.0252. The minimum atomic E-state index is -1.95. The summed E-state index contributed by atoms with van der Waals surface area (Å²) in [4.78, 5) is 54.1. The van der Waals surface area contributed by atoms with Crippen molar-refractivity contribution in [1.82, 2.24) is 0 Å². The van der Waals surface area contributed by atoms with Crippen LogP contribution in [0.4, 0.5) is 0 Å². The molecule has 0 radical (unpaired) electrons. The first-order chi connectivity index (χ1) is 39.5. The average molecular weight is 1200 g/mol. The fourth-order valence-electron chi connectivity index (χ4n) is 12.0. The van der Waals surface area contributed by atoms with Gasteiger partial charge in [0.1, 0.15) is 72.2 Å². The Hall–Kier alpha value is -4.30. The number of benzene rings is 2. The summed E-state index contributed by atoms with van der Waals surface area (Å²) >= 11 is 0. The molecule has 2 aromatic carbocycles. The van der Waals surface area contributed by atoms with Crippen LogP contribution in [0.15, 0.2) is 12.1 Å². The number of aromatic hydroxyl groups is 2. The van der Waals surface area contributed by atoms with Crippen LogP contribution in [0.1, 0.15) is 129 Å². The number of carbonyl (C=O) groups is 4. The van der Waals surface area contributed by atoms with Crippen LogP contribution in [0.3, 0.4) is 0 Å². The molecule has 0 amide bonds. The summed E-state index contributed by atoms with van der Waals surface area (Å²) in [6.07, 6.45) is -27.3. The van der Waals surface area contributed by atoms with Gasteiger partial charge in [0.25, 0.3) is 0 Å². The molecule has 9 N–H and O–H groups in total. The molecular formula is C58H84O26. The number of ether oxygens (including phenoxy) is 13. The first kappa shape index (κ1) is 65.7. The van der Waals surface area contributed by atoms with Crippen molar-refractivity contribution in [2.75, 3.05) is 7.11 Å². The summed E-state index contributed by atoms with van der Waals surface area (Å²) < 4.78 is 78.0. The SMILES string of the molecule is CCC(=O)O[C@H](C)[C@H](O)C(=O)[C@@H](OC)[C@@H]1Cc2cc3cc(O[C@H]4C[C@@H](O[C@H]5C[C@@H](OC(=O)CC)[C@H](O)[C@@H](C)O5)[C@H](O)[C@@H](C)O4)c(C)c(O)c3c(O)c2C(=O)[C@H]1O[C@H]1C[C@@H](O[C@H]2C[C@@H](O[C@H]3C[C@](C)(O)[C@H](O)[C@@H](C)O3)[C@@H](O)[C@@H](C)O2)[C@H](O)[C@@H](C)O1. The molecule has 0 aromatic heterocycles. The molecule has 6 aliphatic rings. The van der Waals surface area contributed by atoms with Gasteiger partial charge in [0, 0.05) is 63.5 Å². The number of phenolic OH excluding ortho intramolecular Hbond substituents is 2. The van der Waals surface area contributed by atoms with Gasteiger partial charge in [-0.25, -0.2) is 0 Å². The Morgan fingerprint density at radius 1 is 0.679 bits per heavy atom. The fraction of sp³-hybridized carbons (Fsp3) is 0.759. The molecule has 472 valence electrons. The number of carbonyl (C=O) groups excluding carboxylic acids is 4. The lowest BCUT2D eigenvalue weighted by Crippen LogP contribution is -2.58. The van der Waals surface area contributed by atoms with Gasteiger partial charge in [0.15, 0.2) is 42.8 Å². The molecular weight excluding hydrogens is 1110 g/mol. The van der Waals surface area contributed by atoms with E-state index in [1.165, 1.54) is 53.9 Å². The fourth-order valence-corrected chi connectivity index (χ4v) is 12.0. The first-order valence-electron chi connectivity index (χ1n) is 28.9. The predicted molar refractivity (Wildman–Crippen MR) is 287 cm³/mol. The van der Waals surface area contributed by atoms with Crippen LogP contribution in [0, 0.1) is 12.8 Å². The molecule has 1 aliphatic carbocycles. The van der Waals surface area contributed by atoms with Crippen molar-refractivity contribution in [1.29, 1.82) is 0 Å². The van der Waals surface area contributed by atoms with Crippen molar-refractivity contribution in [3.05, 3.63) is 28.8 Å². The van der Waals surface area contributed by atoms with Crippen LogP contribution in [-0.2, 0) is 77.6 Å². The molecule has 0 bridgehead atoms. The van der Waals surface area contributed by atoms with Crippen molar-refractivity contribution in [2.45, 2.75) is 268 Å². The third-order valence-electron chi connectivity index (χ3n) is 17.0. The Labute approximate surface area is 486 Å². The number of aliphatic hydroxyl groups excluding tert-OH is 6. The van der Waals surface area contributed by atoms with E-state index in [0.717, 1.165) is 0 Å². The maximum Gasteiger partial charge on any atom is 0.305 e. The average Bonchev–Trinajstić information content (AvgIpc) is 1.01. The molecule has 26 nitrogen and oxygen atoms in total. The number of esters is 2. The van der Waals surface area contributed by atoms with Crippen LogP contribution in [-0.4, -0.2) is 223 Å². The van der Waals surface area contributed by atoms with Gasteiger partial charge < -0.3 is 108 Å². The van der Waals surface area contributed by atoms with Gasteiger partial charge in [-0.3, -0.25) is 19.2 Å². The van der Waals surface area contributed by atoms with E-state index in [2.05, 4.69) is 0 Å². The third kappa shape index (κ3) is 14.0. The number of rotatable bonds is 19. The second kappa shape index (κ2) is 27.0. The molecule has 26 heteroatoms. The van der Waals surface area contributed by atoms with Crippen molar-refractivity contribution in [3.8, 4) is 17.2 Å². The maximum absolute atomic E-state index is 15.2. The molecule has 84 heavy (non-hydrogen) atoms. The number of phenols is 2. The standard InChI is InChI=1S/C58H84O26/c1-12-37(59)73-27(8)51(66)54(69)55(72-11)31-15-29-14-30-16-32(80-39-18-34(48(63)24(5)74-39)81-40-17-33(79-38(60)13-2)47(62)23(4)75-40)22(3)46(61)44(30)52(67)45(29)53(68)56(31)84-42-20-35(49(64)26(7)77-42)82-41-19-36(50(65)25(6)76-41)83-43-21-58(10,71)57(70)28(9)78-43/h14,16,23-28,31,33-36,39-43,47-51,55-57,61-67,70-71H,12-13,15,17-21H2,1-11H3/t23-,24-,25-,26-,27-,28-,31+,33-,34-,35-,36-,39+,40+,41+,42+,43+,47-,48-,49-,50+,51+,55+,56+,57-,58+/m1/s1. The summed E-state index contributed by atoms with van der Waals surface area (Å²) in [5.41, 5.74) is -1.55. The maximum atomic E-state index is 15.2. The zero-order chi connectivity index (χ0) is 61.5. The van der Waals surface area contributed by atoms with Crippen molar-refractivity contribution >= 4 is 34.3 Å². The van der Waals surface area contributed by atoms with Gasteiger partial charge in [-0.1, -0.05) is 13.8 Å². The lowest BCUT2D eigenvalue weighted by molar-refractivity contribution is -0.334. The quantitative estimate of drug-likeness (QED) is 0.0903. The minimum Gasteiger partial charge on any atom is -0.507 e. The van der Waals surface area contributed by atoms with E-state index in [-0.39, 0.29) is 84.6 Å². The van der Waals surface area contributed by atoms with E-state index in [9.17, 15) is 60.3 Å². The van der Waals surface area contributed by atoms with E-state index < -0.39 is 188 Å². The third-order valence-corrected chi connectivity index (χ3v) is 17.0. The smallest absolute Gasteiger partial charge is 0.305 e. The highest BCUT2D eigenvalue weighted by atomic mass is 16.7. The predicted octanol–water partition coefficient (Wildman–Crippen LogP) is 1.67. The van der Waals surface area contributed by atoms with Crippen LogP contribution < -0.4 is 4.74 Å². The van der Waals surface area contributed by atoms with E-state index in [4.69, 9.17) is 61.6 Å². The molecule has 5 aliphatic heterocycles.